The Labute approximate surface area is 85.6 Å². The lowest BCUT2D eigenvalue weighted by Gasteiger charge is -2.23. The molecule has 1 N–H and O–H groups in total. The highest BCUT2D eigenvalue weighted by atomic mass is 32.2. The van der Waals surface area contributed by atoms with Gasteiger partial charge in [-0.3, -0.25) is 0 Å². The van der Waals surface area contributed by atoms with Crippen molar-refractivity contribution in [3.8, 4) is 0 Å². The summed E-state index contributed by atoms with van der Waals surface area (Å²) < 4.78 is 0. The van der Waals surface area contributed by atoms with E-state index >= 15 is 0 Å². The second-order valence-corrected chi connectivity index (χ2v) is 5.33. The first-order valence-electron chi connectivity index (χ1n) is 5.08. The molecule has 2 heteroatoms. The Bertz CT molecular complexity index is 161. The maximum Gasteiger partial charge on any atom is 0.0579 e. The van der Waals surface area contributed by atoms with Crippen molar-refractivity contribution in [1.29, 1.82) is 0 Å². The van der Waals surface area contributed by atoms with Crippen LogP contribution in [0.2, 0.25) is 0 Å². The molecule has 1 atom stereocenters. The summed E-state index contributed by atoms with van der Waals surface area (Å²) in [6, 6.07) is 0. The molecule has 1 aliphatic rings. The van der Waals surface area contributed by atoms with E-state index < -0.39 is 0 Å². The van der Waals surface area contributed by atoms with Crippen LogP contribution in [0.4, 0.5) is 0 Å². The van der Waals surface area contributed by atoms with Crippen LogP contribution in [0.25, 0.3) is 0 Å². The van der Waals surface area contributed by atoms with E-state index in [2.05, 4.69) is 6.58 Å². The maximum absolute atomic E-state index is 9.70. The van der Waals surface area contributed by atoms with Crippen LogP contribution < -0.4 is 0 Å². The van der Waals surface area contributed by atoms with Crippen LogP contribution in [0.15, 0.2) is 12.2 Å². The van der Waals surface area contributed by atoms with Crippen LogP contribution in [0.3, 0.4) is 0 Å². The van der Waals surface area contributed by atoms with Crippen molar-refractivity contribution in [1.82, 2.24) is 0 Å². The number of aliphatic hydroxyl groups is 1. The number of hydrogen-bond acceptors (Lipinski definition) is 2. The standard InChI is InChI=1S/C11H20OS/c1-9(2)7-11(12)8-10-3-5-13-6-4-10/h10-12H,1,3-8H2,2H3. The van der Waals surface area contributed by atoms with Crippen molar-refractivity contribution in [3.05, 3.63) is 12.2 Å². The fourth-order valence-corrected chi connectivity index (χ4v) is 3.06. The van der Waals surface area contributed by atoms with Crippen molar-refractivity contribution in [2.45, 2.75) is 38.7 Å². The van der Waals surface area contributed by atoms with Gasteiger partial charge in [0.25, 0.3) is 0 Å². The van der Waals surface area contributed by atoms with Gasteiger partial charge in [-0.1, -0.05) is 5.57 Å². The maximum atomic E-state index is 9.70. The van der Waals surface area contributed by atoms with Gasteiger partial charge < -0.3 is 5.11 Å². The van der Waals surface area contributed by atoms with Crippen LogP contribution >= 0.6 is 11.8 Å². The molecule has 0 aromatic heterocycles. The Kier molecular flexibility index (Phi) is 4.89. The van der Waals surface area contributed by atoms with E-state index in [1.165, 1.54) is 24.3 Å². The third kappa shape index (κ3) is 4.72. The smallest absolute Gasteiger partial charge is 0.0579 e. The molecule has 0 bridgehead atoms. The van der Waals surface area contributed by atoms with Gasteiger partial charge in [-0.25, -0.2) is 0 Å². The summed E-state index contributed by atoms with van der Waals surface area (Å²) in [5.41, 5.74) is 1.10. The summed E-state index contributed by atoms with van der Waals surface area (Å²) in [7, 11) is 0. The quantitative estimate of drug-likeness (QED) is 0.704. The van der Waals surface area contributed by atoms with Gasteiger partial charge in [-0.05, 0) is 50.0 Å². The largest absolute Gasteiger partial charge is 0.393 e. The van der Waals surface area contributed by atoms with Crippen LogP contribution in [-0.2, 0) is 0 Å². The molecule has 0 spiro atoms. The van der Waals surface area contributed by atoms with Crippen molar-refractivity contribution >= 4 is 11.8 Å². The Balaban J connectivity index is 2.18. The predicted molar refractivity (Wildman–Crippen MR) is 60.1 cm³/mol. The Hall–Kier alpha value is 0.0500. The first-order chi connectivity index (χ1) is 6.18. The minimum Gasteiger partial charge on any atom is -0.393 e. The number of hydrogen-bond donors (Lipinski definition) is 1. The molecule has 0 saturated carbocycles. The van der Waals surface area contributed by atoms with Crippen molar-refractivity contribution in [3.63, 3.8) is 0 Å². The first kappa shape index (κ1) is 11.1. The van der Waals surface area contributed by atoms with Gasteiger partial charge in [-0.2, -0.15) is 11.8 Å². The Morgan fingerprint density at radius 1 is 1.54 bits per heavy atom. The molecule has 1 rings (SSSR count). The first-order valence-corrected chi connectivity index (χ1v) is 6.24. The third-order valence-electron chi connectivity index (χ3n) is 2.53. The van der Waals surface area contributed by atoms with Gasteiger partial charge in [0, 0.05) is 0 Å². The summed E-state index contributed by atoms with van der Waals surface area (Å²) in [6.45, 7) is 5.81. The fraction of sp³-hybridized carbons (Fsp3) is 0.818. The van der Waals surface area contributed by atoms with Gasteiger partial charge >= 0.3 is 0 Å². The van der Waals surface area contributed by atoms with Crippen LogP contribution in [0.1, 0.15) is 32.6 Å². The normalized spacial score (nSPS) is 21.4. The highest BCUT2D eigenvalue weighted by molar-refractivity contribution is 7.99. The lowest BCUT2D eigenvalue weighted by molar-refractivity contribution is 0.139. The average molecular weight is 200 g/mol. The van der Waals surface area contributed by atoms with E-state index in [9.17, 15) is 5.11 Å². The third-order valence-corrected chi connectivity index (χ3v) is 3.58. The zero-order valence-corrected chi connectivity index (χ0v) is 9.28. The molecule has 1 nitrogen and oxygen atoms in total. The van der Waals surface area contributed by atoms with E-state index in [1.54, 1.807) is 0 Å². The molecule has 0 radical (unpaired) electrons. The summed E-state index contributed by atoms with van der Waals surface area (Å²) in [5, 5.41) is 9.70. The van der Waals surface area contributed by atoms with Gasteiger partial charge in [-0.15, -0.1) is 6.58 Å². The highest BCUT2D eigenvalue weighted by Gasteiger charge is 2.17. The molecule has 1 saturated heterocycles. The molecule has 1 unspecified atom stereocenters. The van der Waals surface area contributed by atoms with E-state index in [-0.39, 0.29) is 6.10 Å². The second-order valence-electron chi connectivity index (χ2n) is 4.11. The zero-order chi connectivity index (χ0) is 9.68. The molecule has 1 heterocycles. The van der Waals surface area contributed by atoms with Gasteiger partial charge in [0.2, 0.25) is 0 Å². The summed E-state index contributed by atoms with van der Waals surface area (Å²) in [5.74, 6) is 3.32. The molecule has 0 aromatic carbocycles. The Morgan fingerprint density at radius 3 is 2.69 bits per heavy atom. The molecule has 0 aliphatic carbocycles. The number of rotatable bonds is 4. The molecular weight excluding hydrogens is 180 g/mol. The van der Waals surface area contributed by atoms with Crippen molar-refractivity contribution in [2.75, 3.05) is 11.5 Å². The Morgan fingerprint density at radius 2 is 2.15 bits per heavy atom. The van der Waals surface area contributed by atoms with Crippen LogP contribution in [-0.4, -0.2) is 22.7 Å². The van der Waals surface area contributed by atoms with Crippen LogP contribution in [0, 0.1) is 5.92 Å². The summed E-state index contributed by atoms with van der Waals surface area (Å²) in [4.78, 5) is 0. The molecule has 0 aromatic rings. The number of thioether (sulfide) groups is 1. The molecule has 76 valence electrons. The minimum absolute atomic E-state index is 0.148. The highest BCUT2D eigenvalue weighted by Crippen LogP contribution is 2.27. The zero-order valence-electron chi connectivity index (χ0n) is 8.46. The van der Waals surface area contributed by atoms with E-state index in [4.69, 9.17) is 0 Å². The molecular formula is C11H20OS. The predicted octanol–water partition coefficient (Wildman–Crippen LogP) is 2.85. The molecule has 1 fully saturated rings. The fourth-order valence-electron chi connectivity index (χ4n) is 1.85. The summed E-state index contributed by atoms with van der Waals surface area (Å²) >= 11 is 2.04. The van der Waals surface area contributed by atoms with Crippen LogP contribution in [0.5, 0.6) is 0 Å². The molecule has 13 heavy (non-hydrogen) atoms. The second kappa shape index (κ2) is 5.71. The van der Waals surface area contributed by atoms with Crippen molar-refractivity contribution in [2.24, 2.45) is 5.92 Å². The van der Waals surface area contributed by atoms with Gasteiger partial charge in [0.05, 0.1) is 6.10 Å². The van der Waals surface area contributed by atoms with E-state index in [0.717, 1.165) is 24.3 Å². The van der Waals surface area contributed by atoms with Gasteiger partial charge in [0.15, 0.2) is 0 Å². The monoisotopic (exact) mass is 200 g/mol. The minimum atomic E-state index is -0.148. The lowest BCUT2D eigenvalue weighted by Crippen LogP contribution is -2.17. The van der Waals surface area contributed by atoms with E-state index in [0.29, 0.717) is 0 Å². The van der Waals surface area contributed by atoms with E-state index in [1.807, 2.05) is 18.7 Å². The average Bonchev–Trinajstić information content (AvgIpc) is 2.04. The van der Waals surface area contributed by atoms with Gasteiger partial charge in [0.1, 0.15) is 0 Å². The topological polar surface area (TPSA) is 20.2 Å². The lowest BCUT2D eigenvalue weighted by atomic mass is 9.93. The molecule has 1 aliphatic heterocycles. The SMILES string of the molecule is C=C(C)CC(O)CC1CCSCC1. The van der Waals surface area contributed by atoms with Crippen molar-refractivity contribution < 1.29 is 5.11 Å². The summed E-state index contributed by atoms with van der Waals surface area (Å²) in [6.07, 6.45) is 4.19. The number of aliphatic hydroxyl groups excluding tert-OH is 1. The molecule has 0 amide bonds.